The molecule has 0 saturated carbocycles. The van der Waals surface area contributed by atoms with Crippen molar-refractivity contribution in [2.75, 3.05) is 6.61 Å². The number of hydrogen-bond acceptors (Lipinski definition) is 2. The summed E-state index contributed by atoms with van der Waals surface area (Å²) in [5.74, 6) is 2.48. The highest BCUT2D eigenvalue weighted by atomic mass is 16.5. The van der Waals surface area contributed by atoms with Crippen LogP contribution in [0.4, 0.5) is 0 Å². The number of ether oxygens (including phenoxy) is 2. The van der Waals surface area contributed by atoms with E-state index in [0.29, 0.717) is 6.61 Å². The first kappa shape index (κ1) is 14.2. The fourth-order valence-corrected chi connectivity index (χ4v) is 2.25. The summed E-state index contributed by atoms with van der Waals surface area (Å²) in [6, 6.07) is 26.6. The van der Waals surface area contributed by atoms with Gasteiger partial charge in [-0.15, -0.1) is 0 Å². The van der Waals surface area contributed by atoms with E-state index in [-0.39, 0.29) is 0 Å². The molecule has 0 N–H and O–H groups in total. The molecule has 0 amide bonds. The van der Waals surface area contributed by atoms with Crippen molar-refractivity contribution in [1.29, 1.82) is 0 Å². The minimum Gasteiger partial charge on any atom is -0.494 e. The number of hydrogen-bond donors (Lipinski definition) is 0. The third-order valence-corrected chi connectivity index (χ3v) is 3.27. The highest BCUT2D eigenvalue weighted by Crippen LogP contribution is 2.33. The van der Waals surface area contributed by atoms with Gasteiger partial charge in [-0.05, 0) is 48.9 Å². The molecule has 2 nitrogen and oxygen atoms in total. The summed E-state index contributed by atoms with van der Waals surface area (Å²) in [6.07, 6.45) is 0. The second-order valence-electron chi connectivity index (χ2n) is 4.79. The number of para-hydroxylation sites is 1. The van der Waals surface area contributed by atoms with Gasteiger partial charge >= 0.3 is 0 Å². The molecular formula is C20H17O2. The summed E-state index contributed by atoms with van der Waals surface area (Å²) >= 11 is 0. The van der Waals surface area contributed by atoms with E-state index in [0.717, 1.165) is 28.4 Å². The van der Waals surface area contributed by atoms with Crippen LogP contribution in [0.2, 0.25) is 0 Å². The van der Waals surface area contributed by atoms with E-state index >= 15 is 0 Å². The van der Waals surface area contributed by atoms with Crippen LogP contribution in [0.1, 0.15) is 6.92 Å². The number of rotatable bonds is 5. The van der Waals surface area contributed by atoms with Gasteiger partial charge in [0.2, 0.25) is 0 Å². The van der Waals surface area contributed by atoms with Crippen LogP contribution in [0.3, 0.4) is 0 Å². The molecule has 0 fully saturated rings. The smallest absolute Gasteiger partial charge is 0.135 e. The maximum absolute atomic E-state index is 5.98. The Labute approximate surface area is 131 Å². The van der Waals surface area contributed by atoms with Gasteiger partial charge in [-0.2, -0.15) is 0 Å². The Morgan fingerprint density at radius 3 is 2.36 bits per heavy atom. The fourth-order valence-electron chi connectivity index (χ4n) is 2.25. The third-order valence-electron chi connectivity index (χ3n) is 3.27. The second-order valence-corrected chi connectivity index (χ2v) is 4.79. The van der Waals surface area contributed by atoms with Crippen LogP contribution in [-0.4, -0.2) is 6.61 Å². The van der Waals surface area contributed by atoms with Crippen LogP contribution in [0.25, 0.3) is 11.1 Å². The van der Waals surface area contributed by atoms with Crippen molar-refractivity contribution in [3.8, 4) is 28.4 Å². The second kappa shape index (κ2) is 6.81. The molecule has 3 aromatic rings. The molecule has 0 aliphatic heterocycles. The summed E-state index contributed by atoms with van der Waals surface area (Å²) in [5, 5.41) is 0. The molecule has 0 aromatic heterocycles. The molecule has 3 rings (SSSR count). The average molecular weight is 289 g/mol. The van der Waals surface area contributed by atoms with E-state index in [1.165, 1.54) is 0 Å². The third kappa shape index (κ3) is 3.29. The van der Waals surface area contributed by atoms with E-state index in [4.69, 9.17) is 9.47 Å². The molecule has 109 valence electrons. The highest BCUT2D eigenvalue weighted by Gasteiger charge is 2.07. The lowest BCUT2D eigenvalue weighted by atomic mass is 10.0. The quantitative estimate of drug-likeness (QED) is 0.630. The van der Waals surface area contributed by atoms with E-state index in [2.05, 4.69) is 6.07 Å². The molecular weight excluding hydrogens is 272 g/mol. The van der Waals surface area contributed by atoms with E-state index in [9.17, 15) is 0 Å². The van der Waals surface area contributed by atoms with Crippen molar-refractivity contribution >= 4 is 0 Å². The van der Waals surface area contributed by atoms with E-state index < -0.39 is 0 Å². The van der Waals surface area contributed by atoms with Crippen molar-refractivity contribution in [2.24, 2.45) is 0 Å². The molecule has 0 spiro atoms. The first-order chi connectivity index (χ1) is 10.9. The monoisotopic (exact) mass is 289 g/mol. The van der Waals surface area contributed by atoms with Gasteiger partial charge in [-0.1, -0.05) is 42.5 Å². The molecule has 0 atom stereocenters. The van der Waals surface area contributed by atoms with Gasteiger partial charge in [0, 0.05) is 5.56 Å². The van der Waals surface area contributed by atoms with Crippen molar-refractivity contribution in [1.82, 2.24) is 0 Å². The normalized spacial score (nSPS) is 10.2. The van der Waals surface area contributed by atoms with Crippen molar-refractivity contribution < 1.29 is 9.47 Å². The molecule has 0 heterocycles. The Hall–Kier alpha value is -2.74. The first-order valence-corrected chi connectivity index (χ1v) is 7.33. The number of benzene rings is 3. The lowest BCUT2D eigenvalue weighted by Gasteiger charge is -2.11. The Balaban J connectivity index is 1.90. The Bertz CT molecular complexity index is 718. The lowest BCUT2D eigenvalue weighted by molar-refractivity contribution is 0.340. The predicted octanol–water partition coefficient (Wildman–Crippen LogP) is 5.34. The van der Waals surface area contributed by atoms with Crippen LogP contribution in [0, 0.1) is 6.07 Å². The van der Waals surface area contributed by atoms with Gasteiger partial charge in [-0.3, -0.25) is 0 Å². The van der Waals surface area contributed by atoms with Gasteiger partial charge in [-0.25, -0.2) is 0 Å². The van der Waals surface area contributed by atoms with E-state index in [1.54, 1.807) is 0 Å². The molecule has 22 heavy (non-hydrogen) atoms. The lowest BCUT2D eigenvalue weighted by Crippen LogP contribution is -1.91. The van der Waals surface area contributed by atoms with Crippen molar-refractivity contribution in [3.63, 3.8) is 0 Å². The summed E-state index contributed by atoms with van der Waals surface area (Å²) in [4.78, 5) is 0. The Morgan fingerprint density at radius 1 is 0.864 bits per heavy atom. The SMILES string of the molecule is CCOc1ccc(-c2cc[c]cc2Oc2ccccc2)cc1. The van der Waals surface area contributed by atoms with Gasteiger partial charge in [0.05, 0.1) is 6.61 Å². The molecule has 0 unspecified atom stereocenters. The minimum absolute atomic E-state index is 0.669. The maximum Gasteiger partial charge on any atom is 0.135 e. The van der Waals surface area contributed by atoms with Gasteiger partial charge in [0.15, 0.2) is 0 Å². The van der Waals surface area contributed by atoms with Crippen molar-refractivity contribution in [2.45, 2.75) is 6.92 Å². The Kier molecular flexibility index (Phi) is 4.40. The molecule has 0 aliphatic rings. The Morgan fingerprint density at radius 2 is 1.64 bits per heavy atom. The van der Waals surface area contributed by atoms with Gasteiger partial charge < -0.3 is 9.47 Å². The molecule has 0 bridgehead atoms. The average Bonchev–Trinajstić information content (AvgIpc) is 2.58. The summed E-state index contributed by atoms with van der Waals surface area (Å²) in [7, 11) is 0. The predicted molar refractivity (Wildman–Crippen MR) is 88.4 cm³/mol. The first-order valence-electron chi connectivity index (χ1n) is 7.33. The summed E-state index contributed by atoms with van der Waals surface area (Å²) in [6.45, 7) is 2.65. The van der Waals surface area contributed by atoms with Gasteiger partial charge in [0.25, 0.3) is 0 Å². The molecule has 0 aliphatic carbocycles. The highest BCUT2D eigenvalue weighted by molar-refractivity contribution is 5.71. The maximum atomic E-state index is 5.98. The topological polar surface area (TPSA) is 18.5 Å². The van der Waals surface area contributed by atoms with Crippen LogP contribution in [0.15, 0.2) is 72.8 Å². The standard InChI is InChI=1S/C20H17O2/c1-2-21-17-14-12-16(13-15-17)19-10-6-7-11-20(19)22-18-8-4-3-5-9-18/h3-6,8-15H,2H2,1H3. The zero-order valence-electron chi connectivity index (χ0n) is 12.5. The minimum atomic E-state index is 0.669. The van der Waals surface area contributed by atoms with Crippen molar-refractivity contribution in [3.05, 3.63) is 78.9 Å². The summed E-state index contributed by atoms with van der Waals surface area (Å²) in [5.41, 5.74) is 2.12. The molecule has 3 aromatic carbocycles. The van der Waals surface area contributed by atoms with E-state index in [1.807, 2.05) is 79.7 Å². The summed E-state index contributed by atoms with van der Waals surface area (Å²) < 4.78 is 11.5. The molecule has 2 heteroatoms. The van der Waals surface area contributed by atoms with Gasteiger partial charge in [0.1, 0.15) is 17.2 Å². The molecule has 1 radical (unpaired) electrons. The van der Waals surface area contributed by atoms with Crippen LogP contribution < -0.4 is 9.47 Å². The fraction of sp³-hybridized carbons (Fsp3) is 0.100. The van der Waals surface area contributed by atoms with Crippen LogP contribution in [0.5, 0.6) is 17.2 Å². The molecule has 0 saturated heterocycles. The zero-order chi connectivity index (χ0) is 15.2. The largest absolute Gasteiger partial charge is 0.494 e. The van der Waals surface area contributed by atoms with Crippen LogP contribution >= 0.6 is 0 Å². The van der Waals surface area contributed by atoms with Crippen LogP contribution in [-0.2, 0) is 0 Å². The zero-order valence-corrected chi connectivity index (χ0v) is 12.5.